The number of piperidine rings is 1. The largest absolute Gasteiger partial charge is 0.393 e. The first-order valence-electron chi connectivity index (χ1n) is 6.79. The van der Waals surface area contributed by atoms with Gasteiger partial charge >= 0.3 is 0 Å². The van der Waals surface area contributed by atoms with Crippen LogP contribution >= 0.6 is 0 Å². The molecule has 0 radical (unpaired) electrons. The number of aliphatic hydroxyl groups is 1. The molecule has 4 heteroatoms. The first-order valence-corrected chi connectivity index (χ1v) is 6.79. The number of carbonyl (C=O) groups is 1. The minimum atomic E-state index is -0.213. The number of rotatable bonds is 3. The highest BCUT2D eigenvalue weighted by Gasteiger charge is 2.35. The first kappa shape index (κ1) is 12.8. The van der Waals surface area contributed by atoms with Gasteiger partial charge in [0.1, 0.15) is 0 Å². The summed E-state index contributed by atoms with van der Waals surface area (Å²) in [6, 6.07) is 0. The van der Waals surface area contributed by atoms with Crippen LogP contribution in [0.3, 0.4) is 0 Å². The number of hydrogen-bond donors (Lipinski definition) is 3. The molecule has 1 aliphatic heterocycles. The molecule has 2 rings (SSSR count). The summed E-state index contributed by atoms with van der Waals surface area (Å²) in [6.45, 7) is 4.54. The van der Waals surface area contributed by atoms with Crippen molar-refractivity contribution < 1.29 is 9.90 Å². The van der Waals surface area contributed by atoms with Crippen molar-refractivity contribution in [2.75, 3.05) is 19.6 Å². The average Bonchev–Trinajstić information content (AvgIpc) is 2.73. The van der Waals surface area contributed by atoms with E-state index >= 15 is 0 Å². The van der Waals surface area contributed by atoms with Gasteiger partial charge in [-0.05, 0) is 38.8 Å². The summed E-state index contributed by atoms with van der Waals surface area (Å²) >= 11 is 0. The van der Waals surface area contributed by atoms with Crippen molar-refractivity contribution in [2.24, 2.45) is 11.3 Å². The van der Waals surface area contributed by atoms with Crippen LogP contribution in [0.2, 0.25) is 0 Å². The van der Waals surface area contributed by atoms with Crippen LogP contribution in [0, 0.1) is 11.3 Å². The van der Waals surface area contributed by atoms with Crippen molar-refractivity contribution in [1.29, 1.82) is 0 Å². The zero-order valence-corrected chi connectivity index (χ0v) is 10.7. The van der Waals surface area contributed by atoms with E-state index in [1.807, 2.05) is 6.92 Å². The van der Waals surface area contributed by atoms with Crippen molar-refractivity contribution in [3.05, 3.63) is 0 Å². The third kappa shape index (κ3) is 2.99. The van der Waals surface area contributed by atoms with E-state index in [-0.39, 0.29) is 23.3 Å². The van der Waals surface area contributed by atoms with Gasteiger partial charge in [-0.25, -0.2) is 0 Å². The molecule has 0 bridgehead atoms. The molecule has 0 aromatic carbocycles. The molecule has 2 atom stereocenters. The van der Waals surface area contributed by atoms with E-state index in [9.17, 15) is 9.90 Å². The van der Waals surface area contributed by atoms with E-state index < -0.39 is 0 Å². The van der Waals surface area contributed by atoms with Crippen molar-refractivity contribution >= 4 is 5.91 Å². The van der Waals surface area contributed by atoms with Crippen LogP contribution in [0.5, 0.6) is 0 Å². The second-order valence-corrected chi connectivity index (χ2v) is 5.78. The van der Waals surface area contributed by atoms with E-state index in [0.29, 0.717) is 6.54 Å². The number of nitrogens with one attached hydrogen (secondary N) is 2. The number of carbonyl (C=O) groups excluding carboxylic acids is 1. The molecule has 3 N–H and O–H groups in total. The molecule has 2 unspecified atom stereocenters. The van der Waals surface area contributed by atoms with Crippen molar-refractivity contribution in [3.63, 3.8) is 0 Å². The molecule has 2 fully saturated rings. The Balaban J connectivity index is 1.80. The normalized spacial score (nSPS) is 32.4. The van der Waals surface area contributed by atoms with Crippen LogP contribution in [0.4, 0.5) is 0 Å². The van der Waals surface area contributed by atoms with Crippen LogP contribution in [-0.2, 0) is 4.79 Å². The third-order valence-corrected chi connectivity index (χ3v) is 4.40. The monoisotopic (exact) mass is 240 g/mol. The van der Waals surface area contributed by atoms with Gasteiger partial charge in [0.15, 0.2) is 0 Å². The lowest BCUT2D eigenvalue weighted by Crippen LogP contribution is -2.47. The van der Waals surface area contributed by atoms with Gasteiger partial charge in [0.25, 0.3) is 0 Å². The molecule has 0 aromatic rings. The number of amides is 1. The molecule has 1 heterocycles. The Hall–Kier alpha value is -0.610. The van der Waals surface area contributed by atoms with Gasteiger partial charge in [0.2, 0.25) is 5.91 Å². The Bertz CT molecular complexity index is 275. The zero-order valence-electron chi connectivity index (χ0n) is 10.7. The summed E-state index contributed by atoms with van der Waals surface area (Å²) < 4.78 is 0. The van der Waals surface area contributed by atoms with Crippen molar-refractivity contribution in [2.45, 2.75) is 45.1 Å². The number of aliphatic hydroxyl groups excluding tert-OH is 1. The highest BCUT2D eigenvalue weighted by atomic mass is 16.3. The highest BCUT2D eigenvalue weighted by molar-refractivity contribution is 5.82. The maximum atomic E-state index is 12.2. The standard InChI is InChI=1S/C13H24N2O2/c1-13(5-7-14-8-6-13)12(17)15-9-10-3-2-4-11(10)16/h10-11,14,16H,2-9H2,1H3,(H,15,17). The van der Waals surface area contributed by atoms with Gasteiger partial charge in [0.05, 0.1) is 6.10 Å². The highest BCUT2D eigenvalue weighted by Crippen LogP contribution is 2.29. The Morgan fingerprint density at radius 2 is 2.12 bits per heavy atom. The molecule has 1 amide bonds. The fourth-order valence-electron chi connectivity index (χ4n) is 2.90. The fourth-order valence-corrected chi connectivity index (χ4v) is 2.90. The van der Waals surface area contributed by atoms with Gasteiger partial charge in [-0.1, -0.05) is 13.3 Å². The second kappa shape index (κ2) is 5.36. The molecule has 1 aliphatic carbocycles. The first-order chi connectivity index (χ1) is 8.12. The molecule has 0 spiro atoms. The SMILES string of the molecule is CC1(C(=O)NCC2CCCC2O)CCNCC1. The molecular formula is C13H24N2O2. The Morgan fingerprint density at radius 3 is 2.71 bits per heavy atom. The number of hydrogen-bond acceptors (Lipinski definition) is 3. The Morgan fingerprint density at radius 1 is 1.41 bits per heavy atom. The smallest absolute Gasteiger partial charge is 0.226 e. The summed E-state index contributed by atoms with van der Waals surface area (Å²) in [6.07, 6.45) is 4.62. The summed E-state index contributed by atoms with van der Waals surface area (Å²) in [7, 11) is 0. The van der Waals surface area contributed by atoms with Gasteiger partial charge in [-0.15, -0.1) is 0 Å². The summed E-state index contributed by atoms with van der Waals surface area (Å²) in [5, 5.41) is 16.0. The predicted molar refractivity (Wildman–Crippen MR) is 66.6 cm³/mol. The molecule has 0 aromatic heterocycles. The lowest BCUT2D eigenvalue weighted by Gasteiger charge is -2.33. The molecule has 2 aliphatic rings. The minimum Gasteiger partial charge on any atom is -0.393 e. The van der Waals surface area contributed by atoms with E-state index in [1.54, 1.807) is 0 Å². The minimum absolute atomic E-state index is 0.165. The van der Waals surface area contributed by atoms with Crippen LogP contribution in [0.25, 0.3) is 0 Å². The summed E-state index contributed by atoms with van der Waals surface area (Å²) in [4.78, 5) is 12.2. The van der Waals surface area contributed by atoms with Crippen LogP contribution < -0.4 is 10.6 Å². The predicted octanol–water partition coefficient (Wildman–Crippen LogP) is 0.653. The van der Waals surface area contributed by atoms with Gasteiger partial charge < -0.3 is 15.7 Å². The van der Waals surface area contributed by atoms with Crippen LogP contribution in [0.15, 0.2) is 0 Å². The molecule has 4 nitrogen and oxygen atoms in total. The maximum absolute atomic E-state index is 12.2. The van der Waals surface area contributed by atoms with Gasteiger partial charge in [-0.2, -0.15) is 0 Å². The fraction of sp³-hybridized carbons (Fsp3) is 0.923. The summed E-state index contributed by atoms with van der Waals surface area (Å²) in [5.41, 5.74) is -0.213. The Kier molecular flexibility index (Phi) is 4.05. The lowest BCUT2D eigenvalue weighted by molar-refractivity contribution is -0.131. The molecule has 98 valence electrons. The van der Waals surface area contributed by atoms with E-state index in [2.05, 4.69) is 10.6 Å². The van der Waals surface area contributed by atoms with E-state index in [1.165, 1.54) is 0 Å². The third-order valence-electron chi connectivity index (χ3n) is 4.40. The van der Waals surface area contributed by atoms with Crippen molar-refractivity contribution in [3.8, 4) is 0 Å². The van der Waals surface area contributed by atoms with Gasteiger partial charge in [-0.3, -0.25) is 4.79 Å². The Labute approximate surface area is 103 Å². The summed E-state index contributed by atoms with van der Waals surface area (Å²) in [5.74, 6) is 0.433. The van der Waals surface area contributed by atoms with E-state index in [4.69, 9.17) is 0 Å². The topological polar surface area (TPSA) is 61.4 Å². The van der Waals surface area contributed by atoms with Gasteiger partial charge in [0, 0.05) is 17.9 Å². The molecule has 1 saturated carbocycles. The molecule has 17 heavy (non-hydrogen) atoms. The zero-order chi connectivity index (χ0) is 12.3. The maximum Gasteiger partial charge on any atom is 0.226 e. The quantitative estimate of drug-likeness (QED) is 0.679. The van der Waals surface area contributed by atoms with E-state index in [0.717, 1.165) is 45.2 Å². The van der Waals surface area contributed by atoms with Crippen molar-refractivity contribution in [1.82, 2.24) is 10.6 Å². The lowest BCUT2D eigenvalue weighted by atomic mass is 9.80. The molecule has 1 saturated heterocycles. The van der Waals surface area contributed by atoms with Crippen LogP contribution in [-0.4, -0.2) is 36.8 Å². The molecular weight excluding hydrogens is 216 g/mol. The average molecular weight is 240 g/mol. The second-order valence-electron chi connectivity index (χ2n) is 5.78. The van der Waals surface area contributed by atoms with Crippen LogP contribution in [0.1, 0.15) is 39.0 Å².